The van der Waals surface area contributed by atoms with Gasteiger partial charge in [0, 0.05) is 5.41 Å². The fourth-order valence-electron chi connectivity index (χ4n) is 2.58. The van der Waals surface area contributed by atoms with E-state index in [9.17, 15) is 9.59 Å². The Morgan fingerprint density at radius 2 is 1.81 bits per heavy atom. The zero-order valence-electron chi connectivity index (χ0n) is 13.8. The Labute approximate surface area is 126 Å². The third kappa shape index (κ3) is 3.87. The molecule has 6 nitrogen and oxygen atoms in total. The first-order chi connectivity index (χ1) is 9.77. The number of amides is 1. The second-order valence-corrected chi connectivity index (χ2v) is 6.38. The van der Waals surface area contributed by atoms with Gasteiger partial charge in [0.1, 0.15) is 6.23 Å². The number of nitrogens with zero attached hydrogens (tertiary/aromatic N) is 1. The second-order valence-electron chi connectivity index (χ2n) is 6.38. The summed E-state index contributed by atoms with van der Waals surface area (Å²) in [5, 5.41) is 0. The van der Waals surface area contributed by atoms with Gasteiger partial charge in [-0.3, -0.25) is 4.90 Å². The van der Waals surface area contributed by atoms with Crippen LogP contribution >= 0.6 is 0 Å². The largest absolute Gasteiger partial charge is 0.467 e. The number of rotatable bonds is 4. The lowest BCUT2D eigenvalue weighted by molar-refractivity contribution is -0.146. The van der Waals surface area contributed by atoms with Crippen LogP contribution in [-0.4, -0.2) is 49.6 Å². The van der Waals surface area contributed by atoms with Crippen molar-refractivity contribution >= 4 is 12.1 Å². The maximum Gasteiger partial charge on any atom is 0.412 e. The standard InChI is InChI=1S/C15H27NO5/c1-7-8-9-10-11(12(17)19-5)16(14(18)20-6)13(21-10)15(2,3)4/h10-11,13H,7-9H2,1-6H3. The van der Waals surface area contributed by atoms with Crippen LogP contribution in [0.2, 0.25) is 0 Å². The SMILES string of the molecule is CCCCC1OC(C(C)(C)C)N(C(=O)OC)C1C(=O)OC. The summed E-state index contributed by atoms with van der Waals surface area (Å²) in [6.45, 7) is 7.96. The molecular formula is C15H27NO5. The average molecular weight is 301 g/mol. The molecule has 6 heteroatoms. The molecule has 0 aromatic carbocycles. The molecule has 0 radical (unpaired) electrons. The first-order valence-corrected chi connectivity index (χ1v) is 7.37. The molecule has 0 aromatic rings. The van der Waals surface area contributed by atoms with Gasteiger partial charge < -0.3 is 14.2 Å². The van der Waals surface area contributed by atoms with Crippen LogP contribution in [0.5, 0.6) is 0 Å². The van der Waals surface area contributed by atoms with Crippen molar-refractivity contribution in [3.8, 4) is 0 Å². The lowest BCUT2D eigenvalue weighted by Gasteiger charge is -2.33. The maximum absolute atomic E-state index is 12.1. The number of carbonyl (C=O) groups excluding carboxylic acids is 2. The van der Waals surface area contributed by atoms with Gasteiger partial charge in [0.2, 0.25) is 0 Å². The lowest BCUT2D eigenvalue weighted by Crippen LogP contribution is -2.51. The number of hydrogen-bond donors (Lipinski definition) is 0. The van der Waals surface area contributed by atoms with E-state index in [4.69, 9.17) is 14.2 Å². The van der Waals surface area contributed by atoms with E-state index >= 15 is 0 Å². The van der Waals surface area contributed by atoms with Crippen LogP contribution in [0.15, 0.2) is 0 Å². The highest BCUT2D eigenvalue weighted by atomic mass is 16.6. The molecular weight excluding hydrogens is 274 g/mol. The number of ether oxygens (including phenoxy) is 3. The van der Waals surface area contributed by atoms with Gasteiger partial charge in [-0.15, -0.1) is 0 Å². The Hall–Kier alpha value is -1.30. The summed E-state index contributed by atoms with van der Waals surface area (Å²) in [7, 11) is 2.62. The van der Waals surface area contributed by atoms with Crippen molar-refractivity contribution in [1.29, 1.82) is 0 Å². The van der Waals surface area contributed by atoms with E-state index in [0.29, 0.717) is 6.42 Å². The van der Waals surface area contributed by atoms with Crippen LogP contribution in [0, 0.1) is 5.41 Å². The summed E-state index contributed by atoms with van der Waals surface area (Å²) in [6.07, 6.45) is 1.17. The number of esters is 1. The molecule has 1 aliphatic rings. The quantitative estimate of drug-likeness (QED) is 0.747. The summed E-state index contributed by atoms with van der Waals surface area (Å²) in [6, 6.07) is -0.752. The van der Waals surface area contributed by atoms with Crippen LogP contribution in [0.3, 0.4) is 0 Å². The van der Waals surface area contributed by atoms with Crippen molar-refractivity contribution in [3.63, 3.8) is 0 Å². The molecule has 3 atom stereocenters. The molecule has 1 rings (SSSR count). The molecule has 21 heavy (non-hydrogen) atoms. The van der Waals surface area contributed by atoms with Crippen LogP contribution in [0.1, 0.15) is 47.0 Å². The van der Waals surface area contributed by atoms with Gasteiger partial charge in [0.05, 0.1) is 20.3 Å². The Bertz CT molecular complexity index is 377. The van der Waals surface area contributed by atoms with Crippen LogP contribution < -0.4 is 0 Å². The van der Waals surface area contributed by atoms with Crippen molar-refractivity contribution in [2.45, 2.75) is 65.3 Å². The fraction of sp³-hybridized carbons (Fsp3) is 0.867. The zero-order valence-corrected chi connectivity index (χ0v) is 13.8. The smallest absolute Gasteiger partial charge is 0.412 e. The molecule has 1 aliphatic heterocycles. The van der Waals surface area contributed by atoms with E-state index in [2.05, 4.69) is 6.92 Å². The first-order valence-electron chi connectivity index (χ1n) is 7.37. The molecule has 1 fully saturated rings. The molecule has 0 saturated carbocycles. The van der Waals surface area contributed by atoms with E-state index in [-0.39, 0.29) is 11.5 Å². The minimum Gasteiger partial charge on any atom is -0.467 e. The predicted molar refractivity (Wildman–Crippen MR) is 77.7 cm³/mol. The topological polar surface area (TPSA) is 65.1 Å². The van der Waals surface area contributed by atoms with E-state index in [1.165, 1.54) is 19.1 Å². The van der Waals surface area contributed by atoms with Gasteiger partial charge in [0.15, 0.2) is 6.04 Å². The van der Waals surface area contributed by atoms with Crippen molar-refractivity contribution in [1.82, 2.24) is 4.90 Å². The third-order valence-corrected chi connectivity index (χ3v) is 3.62. The molecule has 1 amide bonds. The van der Waals surface area contributed by atoms with Crippen molar-refractivity contribution < 1.29 is 23.8 Å². The number of carbonyl (C=O) groups is 2. The zero-order chi connectivity index (χ0) is 16.2. The number of hydrogen-bond acceptors (Lipinski definition) is 5. The minimum absolute atomic E-state index is 0.332. The molecule has 0 spiro atoms. The minimum atomic E-state index is -0.752. The van der Waals surface area contributed by atoms with Gasteiger partial charge in [0.25, 0.3) is 0 Å². The molecule has 0 bridgehead atoms. The van der Waals surface area contributed by atoms with Crippen LogP contribution in [0.25, 0.3) is 0 Å². The highest BCUT2D eigenvalue weighted by Crippen LogP contribution is 2.37. The molecule has 0 aromatic heterocycles. The Balaban J connectivity index is 3.13. The van der Waals surface area contributed by atoms with Gasteiger partial charge in [-0.05, 0) is 6.42 Å². The monoisotopic (exact) mass is 301 g/mol. The Morgan fingerprint density at radius 1 is 1.19 bits per heavy atom. The van der Waals surface area contributed by atoms with E-state index in [1.54, 1.807) is 0 Å². The van der Waals surface area contributed by atoms with Crippen molar-refractivity contribution in [2.24, 2.45) is 5.41 Å². The molecule has 3 unspecified atom stereocenters. The van der Waals surface area contributed by atoms with Crippen molar-refractivity contribution in [3.05, 3.63) is 0 Å². The summed E-state index contributed by atoms with van der Waals surface area (Å²) in [4.78, 5) is 25.7. The predicted octanol–water partition coefficient (Wildman–Crippen LogP) is 2.56. The van der Waals surface area contributed by atoms with Gasteiger partial charge in [-0.25, -0.2) is 9.59 Å². The summed E-state index contributed by atoms with van der Waals surface area (Å²) in [5.74, 6) is -0.465. The first kappa shape index (κ1) is 17.8. The fourth-order valence-corrected chi connectivity index (χ4v) is 2.58. The van der Waals surface area contributed by atoms with Crippen LogP contribution in [0.4, 0.5) is 4.79 Å². The summed E-state index contributed by atoms with van der Waals surface area (Å²) in [5.41, 5.74) is -0.332. The third-order valence-electron chi connectivity index (χ3n) is 3.62. The van der Waals surface area contributed by atoms with Gasteiger partial charge in [-0.1, -0.05) is 40.5 Å². The van der Waals surface area contributed by atoms with E-state index in [0.717, 1.165) is 12.8 Å². The molecule has 1 heterocycles. The Kier molecular flexibility index (Phi) is 6.01. The van der Waals surface area contributed by atoms with Gasteiger partial charge >= 0.3 is 12.1 Å². The number of methoxy groups -OCH3 is 2. The second kappa shape index (κ2) is 7.11. The highest BCUT2D eigenvalue weighted by molar-refractivity contribution is 5.82. The average Bonchev–Trinajstić information content (AvgIpc) is 2.82. The molecule has 122 valence electrons. The summed E-state index contributed by atoms with van der Waals surface area (Å²) >= 11 is 0. The van der Waals surface area contributed by atoms with E-state index in [1.807, 2.05) is 20.8 Å². The lowest BCUT2D eigenvalue weighted by atomic mass is 9.93. The molecule has 0 aliphatic carbocycles. The Morgan fingerprint density at radius 3 is 2.24 bits per heavy atom. The van der Waals surface area contributed by atoms with Crippen molar-refractivity contribution in [2.75, 3.05) is 14.2 Å². The summed E-state index contributed by atoms with van der Waals surface area (Å²) < 4.78 is 15.7. The van der Waals surface area contributed by atoms with Gasteiger partial charge in [-0.2, -0.15) is 0 Å². The maximum atomic E-state index is 12.1. The van der Waals surface area contributed by atoms with Crippen LogP contribution in [-0.2, 0) is 19.0 Å². The van der Waals surface area contributed by atoms with E-state index < -0.39 is 24.3 Å². The molecule has 0 N–H and O–H groups in total. The molecule has 1 saturated heterocycles. The normalized spacial score (nSPS) is 25.8. The number of unbranched alkanes of at least 4 members (excludes halogenated alkanes) is 1. The highest BCUT2D eigenvalue weighted by Gasteiger charge is 2.53.